The molecule has 0 spiro atoms. The lowest BCUT2D eigenvalue weighted by Gasteiger charge is -2.14. The first-order valence-electron chi connectivity index (χ1n) is 8.95. The molecule has 0 fully saturated rings. The number of amides is 1. The van der Waals surface area contributed by atoms with Crippen LogP contribution in [0.1, 0.15) is 21.9 Å². The lowest BCUT2D eigenvalue weighted by atomic mass is 9.98. The number of carbonyl (C=O) groups is 1. The maximum atomic E-state index is 12.0. The highest BCUT2D eigenvalue weighted by molar-refractivity contribution is 7.15. The summed E-state index contributed by atoms with van der Waals surface area (Å²) >= 11 is 0.997. The number of rotatable bonds is 4. The molecule has 1 heterocycles. The Bertz CT molecular complexity index is 1100. The van der Waals surface area contributed by atoms with Crippen molar-refractivity contribution < 1.29 is 14.5 Å². The van der Waals surface area contributed by atoms with E-state index in [1.807, 2.05) is 24.3 Å². The van der Waals surface area contributed by atoms with Crippen molar-refractivity contribution in [2.75, 3.05) is 13.2 Å². The number of nitrogens with zero attached hydrogens (tertiary/aromatic N) is 1. The zero-order valence-corrected chi connectivity index (χ0v) is 16.1. The van der Waals surface area contributed by atoms with Gasteiger partial charge in [0.25, 0.3) is 0 Å². The molecule has 0 saturated heterocycles. The summed E-state index contributed by atoms with van der Waals surface area (Å²) in [7, 11) is 0. The SMILES string of the molecule is O=C(NCC#Cc1ccc([N+](=O)[O-])s1)OCC1c2ccccc2-c2ccccc21. The van der Waals surface area contributed by atoms with Crippen LogP contribution in [-0.2, 0) is 4.74 Å². The largest absolute Gasteiger partial charge is 0.449 e. The summed E-state index contributed by atoms with van der Waals surface area (Å²) in [6, 6.07) is 19.3. The number of fused-ring (bicyclic) bond motifs is 3. The molecule has 4 rings (SSSR count). The number of alkyl carbamates (subject to hydrolysis) is 1. The van der Waals surface area contributed by atoms with Gasteiger partial charge in [-0.2, -0.15) is 0 Å². The van der Waals surface area contributed by atoms with E-state index in [0.29, 0.717) is 4.88 Å². The van der Waals surface area contributed by atoms with Crippen LogP contribution in [0.2, 0.25) is 0 Å². The molecule has 0 bridgehead atoms. The van der Waals surface area contributed by atoms with E-state index >= 15 is 0 Å². The summed E-state index contributed by atoms with van der Waals surface area (Å²) in [5.74, 6) is 5.57. The third-order valence-corrected chi connectivity index (χ3v) is 5.60. The molecule has 1 amide bonds. The summed E-state index contributed by atoms with van der Waals surface area (Å²) in [6.45, 7) is 0.340. The summed E-state index contributed by atoms with van der Waals surface area (Å²) in [5.41, 5.74) is 4.65. The van der Waals surface area contributed by atoms with Gasteiger partial charge in [0.1, 0.15) is 6.61 Å². The minimum Gasteiger partial charge on any atom is -0.449 e. The Morgan fingerprint density at radius 2 is 1.72 bits per heavy atom. The maximum absolute atomic E-state index is 12.0. The van der Waals surface area contributed by atoms with E-state index in [4.69, 9.17) is 4.74 Å². The first-order chi connectivity index (χ1) is 14.1. The molecule has 6 nitrogen and oxygen atoms in total. The number of carbonyl (C=O) groups excluding carboxylic acids is 1. The molecular weight excluding hydrogens is 388 g/mol. The molecule has 2 aromatic carbocycles. The van der Waals surface area contributed by atoms with Crippen molar-refractivity contribution in [3.63, 3.8) is 0 Å². The number of hydrogen-bond donors (Lipinski definition) is 1. The van der Waals surface area contributed by atoms with E-state index in [0.717, 1.165) is 22.5 Å². The van der Waals surface area contributed by atoms with Crippen molar-refractivity contribution >= 4 is 22.4 Å². The van der Waals surface area contributed by atoms with Crippen LogP contribution in [0.15, 0.2) is 60.7 Å². The Hall–Kier alpha value is -3.63. The lowest BCUT2D eigenvalue weighted by molar-refractivity contribution is -0.380. The second-order valence-electron chi connectivity index (χ2n) is 6.38. The average molecular weight is 404 g/mol. The number of nitro groups is 1. The van der Waals surface area contributed by atoms with Gasteiger partial charge in [-0.05, 0) is 28.3 Å². The van der Waals surface area contributed by atoms with E-state index in [1.54, 1.807) is 6.07 Å². The van der Waals surface area contributed by atoms with Gasteiger partial charge >= 0.3 is 11.1 Å². The standard InChI is InChI=1S/C22H16N2O4S/c25-22(23-13-5-6-15-11-12-21(29-15)24(26)27)28-14-20-18-9-3-1-7-16(18)17-8-2-4-10-19(17)20/h1-4,7-12,20H,13-14H2,(H,23,25). The smallest absolute Gasteiger partial charge is 0.407 e. The molecule has 144 valence electrons. The summed E-state index contributed by atoms with van der Waals surface area (Å²) in [4.78, 5) is 22.8. The van der Waals surface area contributed by atoms with Crippen LogP contribution in [0, 0.1) is 22.0 Å². The van der Waals surface area contributed by atoms with Gasteiger partial charge in [-0.25, -0.2) is 4.79 Å². The van der Waals surface area contributed by atoms with Crippen LogP contribution < -0.4 is 5.32 Å². The Morgan fingerprint density at radius 1 is 1.07 bits per heavy atom. The van der Waals surface area contributed by atoms with Crippen LogP contribution >= 0.6 is 11.3 Å². The van der Waals surface area contributed by atoms with Crippen molar-refractivity contribution in [2.45, 2.75) is 5.92 Å². The van der Waals surface area contributed by atoms with Crippen molar-refractivity contribution in [2.24, 2.45) is 0 Å². The number of nitrogens with one attached hydrogen (secondary N) is 1. The number of benzene rings is 2. The topological polar surface area (TPSA) is 81.5 Å². The monoisotopic (exact) mass is 404 g/mol. The number of thiophene rings is 1. The first kappa shape index (κ1) is 18.7. The lowest BCUT2D eigenvalue weighted by Crippen LogP contribution is -2.26. The first-order valence-corrected chi connectivity index (χ1v) is 9.77. The van der Waals surface area contributed by atoms with Gasteiger partial charge in [-0.1, -0.05) is 71.7 Å². The van der Waals surface area contributed by atoms with Gasteiger partial charge in [-0.15, -0.1) is 0 Å². The predicted octanol–water partition coefficient (Wildman–Crippen LogP) is 4.55. The molecule has 0 unspecified atom stereocenters. The molecule has 1 aliphatic rings. The highest BCUT2D eigenvalue weighted by Gasteiger charge is 2.28. The molecule has 0 atom stereocenters. The molecule has 29 heavy (non-hydrogen) atoms. The zero-order valence-electron chi connectivity index (χ0n) is 15.3. The molecule has 0 aliphatic heterocycles. The summed E-state index contributed by atoms with van der Waals surface area (Å²) in [6.07, 6.45) is -0.543. The average Bonchev–Trinajstić information content (AvgIpc) is 3.33. The van der Waals surface area contributed by atoms with E-state index < -0.39 is 11.0 Å². The molecule has 7 heteroatoms. The van der Waals surface area contributed by atoms with Crippen LogP contribution in [0.3, 0.4) is 0 Å². The molecule has 0 radical (unpaired) electrons. The normalized spacial score (nSPS) is 11.7. The molecule has 1 aromatic heterocycles. The third-order valence-electron chi connectivity index (χ3n) is 4.65. The van der Waals surface area contributed by atoms with Gasteiger partial charge in [0, 0.05) is 12.0 Å². The van der Waals surface area contributed by atoms with Crippen LogP contribution in [0.5, 0.6) is 0 Å². The number of ether oxygens (including phenoxy) is 1. The quantitative estimate of drug-likeness (QED) is 0.393. The Balaban J connectivity index is 1.33. The van der Waals surface area contributed by atoms with E-state index in [2.05, 4.69) is 41.4 Å². The molecule has 0 saturated carbocycles. The van der Waals surface area contributed by atoms with Gasteiger partial charge in [0.05, 0.1) is 16.3 Å². The van der Waals surface area contributed by atoms with Crippen molar-refractivity contribution in [1.29, 1.82) is 0 Å². The van der Waals surface area contributed by atoms with Crippen molar-refractivity contribution in [3.8, 4) is 23.0 Å². The maximum Gasteiger partial charge on any atom is 0.407 e. The molecular formula is C22H16N2O4S. The fraction of sp³-hybridized carbons (Fsp3) is 0.136. The van der Waals surface area contributed by atoms with Gasteiger partial charge in [-0.3, -0.25) is 10.1 Å². The van der Waals surface area contributed by atoms with Crippen LogP contribution in [-0.4, -0.2) is 24.2 Å². The molecule has 1 aliphatic carbocycles. The second-order valence-corrected chi connectivity index (χ2v) is 7.44. The zero-order chi connectivity index (χ0) is 20.2. The van der Waals surface area contributed by atoms with Gasteiger partial charge < -0.3 is 10.1 Å². The fourth-order valence-corrected chi connectivity index (χ4v) is 4.09. The van der Waals surface area contributed by atoms with Gasteiger partial charge in [0.2, 0.25) is 0 Å². The number of hydrogen-bond acceptors (Lipinski definition) is 5. The summed E-state index contributed by atoms with van der Waals surface area (Å²) in [5, 5.41) is 13.3. The van der Waals surface area contributed by atoms with E-state index in [-0.39, 0.29) is 24.1 Å². The minimum absolute atomic E-state index is 0.00546. The Morgan fingerprint density at radius 3 is 2.34 bits per heavy atom. The van der Waals surface area contributed by atoms with Crippen molar-refractivity contribution in [3.05, 3.63) is 86.8 Å². The molecule has 1 N–H and O–H groups in total. The Labute approximate surface area is 171 Å². The van der Waals surface area contributed by atoms with E-state index in [1.165, 1.54) is 17.2 Å². The third kappa shape index (κ3) is 3.98. The minimum atomic E-state index is -0.543. The highest BCUT2D eigenvalue weighted by atomic mass is 32.1. The molecule has 3 aromatic rings. The van der Waals surface area contributed by atoms with Crippen LogP contribution in [0.4, 0.5) is 9.80 Å². The van der Waals surface area contributed by atoms with Crippen LogP contribution in [0.25, 0.3) is 11.1 Å². The van der Waals surface area contributed by atoms with Gasteiger partial charge in [0.15, 0.2) is 0 Å². The van der Waals surface area contributed by atoms with Crippen molar-refractivity contribution in [1.82, 2.24) is 5.32 Å². The fourth-order valence-electron chi connectivity index (χ4n) is 3.39. The second kappa shape index (κ2) is 8.17. The Kier molecular flexibility index (Phi) is 5.27. The summed E-state index contributed by atoms with van der Waals surface area (Å²) < 4.78 is 5.42. The van der Waals surface area contributed by atoms with E-state index in [9.17, 15) is 14.9 Å². The highest BCUT2D eigenvalue weighted by Crippen LogP contribution is 2.44. The predicted molar refractivity (Wildman–Crippen MR) is 111 cm³/mol.